The van der Waals surface area contributed by atoms with E-state index in [0.29, 0.717) is 12.6 Å². The molecular weight excluding hydrogens is 148 g/mol. The van der Waals surface area contributed by atoms with Crippen molar-refractivity contribution in [1.29, 1.82) is 0 Å². The summed E-state index contributed by atoms with van der Waals surface area (Å²) in [7, 11) is 0. The molecule has 0 saturated carbocycles. The fraction of sp³-hybridized carbons (Fsp3) is 0.714. The molecule has 0 aromatic rings. The first-order valence-corrected chi connectivity index (χ1v) is 3.28. The van der Waals surface area contributed by atoms with Gasteiger partial charge in [-0.1, -0.05) is 0 Å². The summed E-state index contributed by atoms with van der Waals surface area (Å²) in [4.78, 5) is 20.1. The summed E-state index contributed by atoms with van der Waals surface area (Å²) in [6.45, 7) is 2.79. The average molecular weight is 160 g/mol. The summed E-state index contributed by atoms with van der Waals surface area (Å²) in [6, 6.07) is 0. The number of aliphatic hydroxyl groups is 1. The second kappa shape index (κ2) is 4.20. The predicted molar refractivity (Wildman–Crippen MR) is 37.9 cm³/mol. The van der Waals surface area contributed by atoms with Gasteiger partial charge in [0.1, 0.15) is 18.7 Å². The van der Waals surface area contributed by atoms with Crippen LogP contribution < -0.4 is 0 Å². The molecule has 0 saturated heterocycles. The molecule has 64 valence electrons. The van der Waals surface area contributed by atoms with E-state index in [-0.39, 0.29) is 6.42 Å². The normalized spacial score (nSPS) is 14.1. The Bertz CT molecular complexity index is 136. The highest BCUT2D eigenvalue weighted by Gasteiger charge is 2.19. The first kappa shape index (κ1) is 10.3. The molecule has 0 aromatic carbocycles. The van der Waals surface area contributed by atoms with Gasteiger partial charge in [0.25, 0.3) is 0 Å². The van der Waals surface area contributed by atoms with Crippen LogP contribution >= 0.6 is 0 Å². The second-order valence-corrected chi connectivity index (χ2v) is 2.64. The zero-order chi connectivity index (χ0) is 8.91. The summed E-state index contributed by atoms with van der Waals surface area (Å²) < 4.78 is 4.78. The molecule has 1 atom stereocenters. The Labute approximate surface area is 65.2 Å². The Hall–Kier alpha value is -0.740. The molecule has 0 aliphatic rings. The van der Waals surface area contributed by atoms with Gasteiger partial charge in [0.05, 0.1) is 0 Å². The maximum atomic E-state index is 10.2. The van der Waals surface area contributed by atoms with E-state index in [2.05, 4.69) is 0 Å². The van der Waals surface area contributed by atoms with Crippen LogP contribution in [0.25, 0.3) is 0 Å². The van der Waals surface area contributed by atoms with Crippen molar-refractivity contribution in [3.8, 4) is 0 Å². The first-order chi connectivity index (χ1) is 4.99. The summed E-state index contributed by atoms with van der Waals surface area (Å²) >= 11 is 0. The van der Waals surface area contributed by atoms with E-state index in [0.717, 1.165) is 0 Å². The highest BCUT2D eigenvalue weighted by atomic mass is 16.6. The molecule has 0 amide bonds. The maximum Gasteiger partial charge on any atom is 0.160 e. The maximum absolute atomic E-state index is 10.2. The van der Waals surface area contributed by atoms with Crippen molar-refractivity contribution in [2.45, 2.75) is 32.2 Å². The van der Waals surface area contributed by atoms with Crippen LogP contribution in [0.15, 0.2) is 0 Å². The first-order valence-electron chi connectivity index (χ1n) is 3.28. The standard InChI is InChI=1S/C7H12O4/c1-7(2,10)11-6(5-9)3-4-8/h4-6,10H,3H2,1-2H3. The molecule has 0 radical (unpaired) electrons. The molecule has 0 aromatic heterocycles. The number of hydrogen-bond acceptors (Lipinski definition) is 4. The van der Waals surface area contributed by atoms with Crippen molar-refractivity contribution in [1.82, 2.24) is 0 Å². The van der Waals surface area contributed by atoms with Gasteiger partial charge in [0, 0.05) is 6.42 Å². The number of carbonyl (C=O) groups is 2. The molecule has 4 nitrogen and oxygen atoms in total. The van der Waals surface area contributed by atoms with Gasteiger partial charge in [0.15, 0.2) is 5.79 Å². The van der Waals surface area contributed by atoms with Gasteiger partial charge in [-0.2, -0.15) is 0 Å². The topological polar surface area (TPSA) is 63.6 Å². The molecule has 0 bridgehead atoms. The van der Waals surface area contributed by atoms with Crippen molar-refractivity contribution in [3.05, 3.63) is 0 Å². The van der Waals surface area contributed by atoms with Gasteiger partial charge in [-0.15, -0.1) is 0 Å². The average Bonchev–Trinajstić information content (AvgIpc) is 1.84. The third-order valence-corrected chi connectivity index (χ3v) is 0.920. The summed E-state index contributed by atoms with van der Waals surface area (Å²) in [6.07, 6.45) is 0.206. The molecule has 1 N–H and O–H groups in total. The van der Waals surface area contributed by atoms with E-state index in [1.54, 1.807) is 0 Å². The lowest BCUT2D eigenvalue weighted by molar-refractivity contribution is -0.201. The smallest absolute Gasteiger partial charge is 0.160 e. The minimum atomic E-state index is -1.37. The monoisotopic (exact) mass is 160 g/mol. The van der Waals surface area contributed by atoms with Gasteiger partial charge >= 0.3 is 0 Å². The van der Waals surface area contributed by atoms with Crippen LogP contribution in [-0.4, -0.2) is 29.6 Å². The van der Waals surface area contributed by atoms with Crippen molar-refractivity contribution < 1.29 is 19.4 Å². The highest BCUT2D eigenvalue weighted by molar-refractivity contribution is 5.63. The molecular formula is C7H12O4. The molecule has 0 spiro atoms. The Morgan fingerprint density at radius 3 is 2.36 bits per heavy atom. The van der Waals surface area contributed by atoms with E-state index in [1.807, 2.05) is 0 Å². The minimum absolute atomic E-state index is 0.0203. The Morgan fingerprint density at radius 1 is 1.55 bits per heavy atom. The van der Waals surface area contributed by atoms with Gasteiger partial charge in [-0.3, -0.25) is 0 Å². The molecule has 0 fully saturated rings. The van der Waals surface area contributed by atoms with Crippen molar-refractivity contribution in [2.24, 2.45) is 0 Å². The lowest BCUT2D eigenvalue weighted by atomic mass is 10.3. The second-order valence-electron chi connectivity index (χ2n) is 2.64. The number of ether oxygens (including phenoxy) is 1. The van der Waals surface area contributed by atoms with Crippen LogP contribution in [0.3, 0.4) is 0 Å². The lowest BCUT2D eigenvalue weighted by Crippen LogP contribution is -2.31. The van der Waals surface area contributed by atoms with Crippen molar-refractivity contribution in [3.63, 3.8) is 0 Å². The minimum Gasteiger partial charge on any atom is -0.366 e. The van der Waals surface area contributed by atoms with Crippen LogP contribution in [0.1, 0.15) is 20.3 Å². The zero-order valence-corrected chi connectivity index (χ0v) is 6.61. The Balaban J connectivity index is 3.87. The Morgan fingerprint density at radius 2 is 2.09 bits per heavy atom. The van der Waals surface area contributed by atoms with E-state index in [1.165, 1.54) is 13.8 Å². The van der Waals surface area contributed by atoms with Gasteiger partial charge < -0.3 is 19.4 Å². The highest BCUT2D eigenvalue weighted by Crippen LogP contribution is 2.07. The third kappa shape index (κ3) is 5.69. The van der Waals surface area contributed by atoms with Crippen LogP contribution in [0.4, 0.5) is 0 Å². The quantitative estimate of drug-likeness (QED) is 0.450. The number of carbonyl (C=O) groups excluding carboxylic acids is 2. The van der Waals surface area contributed by atoms with Gasteiger partial charge in [-0.25, -0.2) is 0 Å². The van der Waals surface area contributed by atoms with Crippen LogP contribution in [0.2, 0.25) is 0 Å². The van der Waals surface area contributed by atoms with E-state index >= 15 is 0 Å². The Kier molecular flexibility index (Phi) is 3.92. The summed E-state index contributed by atoms with van der Waals surface area (Å²) in [5.74, 6) is -1.37. The molecule has 11 heavy (non-hydrogen) atoms. The van der Waals surface area contributed by atoms with Gasteiger partial charge in [0.2, 0.25) is 0 Å². The van der Waals surface area contributed by atoms with E-state index < -0.39 is 11.9 Å². The van der Waals surface area contributed by atoms with Gasteiger partial charge in [-0.05, 0) is 13.8 Å². The summed E-state index contributed by atoms with van der Waals surface area (Å²) in [5.41, 5.74) is 0. The number of hydrogen-bond donors (Lipinski definition) is 1. The molecule has 0 heterocycles. The zero-order valence-electron chi connectivity index (χ0n) is 6.61. The predicted octanol–water partition coefficient (Wildman–Crippen LogP) is -0.112. The van der Waals surface area contributed by atoms with Crippen molar-refractivity contribution >= 4 is 12.6 Å². The van der Waals surface area contributed by atoms with E-state index in [4.69, 9.17) is 9.84 Å². The largest absolute Gasteiger partial charge is 0.366 e. The SMILES string of the molecule is CC(C)(O)OC(C=O)CC=O. The molecule has 1 unspecified atom stereocenters. The summed E-state index contributed by atoms with van der Waals surface area (Å²) in [5, 5.41) is 9.05. The molecule has 0 aliphatic carbocycles. The lowest BCUT2D eigenvalue weighted by Gasteiger charge is -2.21. The third-order valence-electron chi connectivity index (χ3n) is 0.920. The van der Waals surface area contributed by atoms with E-state index in [9.17, 15) is 9.59 Å². The number of aldehydes is 2. The van der Waals surface area contributed by atoms with Crippen LogP contribution in [-0.2, 0) is 14.3 Å². The fourth-order valence-electron chi connectivity index (χ4n) is 0.597. The van der Waals surface area contributed by atoms with Crippen molar-refractivity contribution in [2.75, 3.05) is 0 Å². The molecule has 0 rings (SSSR count). The van der Waals surface area contributed by atoms with Crippen LogP contribution in [0.5, 0.6) is 0 Å². The van der Waals surface area contributed by atoms with Crippen LogP contribution in [0, 0.1) is 0 Å². The number of rotatable bonds is 5. The molecule has 4 heteroatoms. The molecule has 0 aliphatic heterocycles. The fourth-order valence-corrected chi connectivity index (χ4v) is 0.597.